The van der Waals surface area contributed by atoms with Crippen molar-refractivity contribution in [3.63, 3.8) is 0 Å². The zero-order valence-electron chi connectivity index (χ0n) is 17.3. The normalized spacial score (nSPS) is 15.0. The van der Waals surface area contributed by atoms with Gasteiger partial charge in [-0.3, -0.25) is 4.79 Å². The van der Waals surface area contributed by atoms with Crippen LogP contribution in [0.5, 0.6) is 0 Å². The van der Waals surface area contributed by atoms with Gasteiger partial charge in [0.15, 0.2) is 5.13 Å². The Hall–Kier alpha value is -2.40. The number of fused-ring (bicyclic) bond motifs is 1. The van der Waals surface area contributed by atoms with Gasteiger partial charge in [-0.25, -0.2) is 4.98 Å². The number of anilines is 2. The Morgan fingerprint density at radius 1 is 1.17 bits per heavy atom. The van der Waals surface area contributed by atoms with Gasteiger partial charge in [0.2, 0.25) is 5.91 Å². The van der Waals surface area contributed by atoms with E-state index in [0.29, 0.717) is 0 Å². The van der Waals surface area contributed by atoms with Crippen molar-refractivity contribution in [2.75, 3.05) is 23.3 Å². The first kappa shape index (κ1) is 19.9. The molecule has 0 radical (unpaired) electrons. The number of aromatic nitrogens is 1. The highest BCUT2D eigenvalue weighted by molar-refractivity contribution is 7.22. The number of nitrogens with one attached hydrogen (secondary N) is 1. The molecule has 29 heavy (non-hydrogen) atoms. The minimum absolute atomic E-state index is 0.0719. The number of aryl methyl sites for hydroxylation is 2. The fraction of sp³-hybridized carbons (Fsp3) is 0.417. The number of carbonyl (C=O) groups excluding carboxylic acids is 1. The summed E-state index contributed by atoms with van der Waals surface area (Å²) >= 11 is 1.75. The average Bonchev–Trinajstić information content (AvgIpc) is 3.16. The summed E-state index contributed by atoms with van der Waals surface area (Å²) in [6.45, 7) is 6.08. The van der Waals surface area contributed by atoms with Crippen molar-refractivity contribution in [3.05, 3.63) is 53.6 Å². The standard InChI is InChI=1S/C24H29N3OS/c1-3-4-5-18-7-9-20(10-8-18)25-23(28)19-12-14-27(15-13-19)24-26-21-11-6-17(2)16-22(21)29-24/h6-11,16,19H,3-5,12-15H2,1-2H3,(H,25,28). The molecule has 2 heterocycles. The van der Waals surface area contributed by atoms with E-state index in [-0.39, 0.29) is 11.8 Å². The maximum atomic E-state index is 12.7. The van der Waals surface area contributed by atoms with Crippen molar-refractivity contribution in [2.24, 2.45) is 5.92 Å². The van der Waals surface area contributed by atoms with Crippen LogP contribution < -0.4 is 10.2 Å². The number of unbranched alkanes of at least 4 members (excludes halogenated alkanes) is 1. The van der Waals surface area contributed by atoms with Gasteiger partial charge in [0.25, 0.3) is 0 Å². The maximum absolute atomic E-state index is 12.7. The molecule has 0 spiro atoms. The Morgan fingerprint density at radius 3 is 2.66 bits per heavy atom. The number of carbonyl (C=O) groups is 1. The Bertz CT molecular complexity index is 971. The molecule has 1 fully saturated rings. The zero-order chi connectivity index (χ0) is 20.2. The van der Waals surface area contributed by atoms with Crippen molar-refractivity contribution in [2.45, 2.75) is 46.0 Å². The summed E-state index contributed by atoms with van der Waals surface area (Å²) in [7, 11) is 0. The fourth-order valence-electron chi connectivity index (χ4n) is 3.87. The van der Waals surface area contributed by atoms with Gasteiger partial charge in [0.05, 0.1) is 10.2 Å². The minimum Gasteiger partial charge on any atom is -0.348 e. The number of thiazole rings is 1. The third-order valence-corrected chi connectivity index (χ3v) is 6.79. The lowest BCUT2D eigenvalue weighted by Crippen LogP contribution is -2.38. The molecule has 5 heteroatoms. The highest BCUT2D eigenvalue weighted by Gasteiger charge is 2.26. The Labute approximate surface area is 177 Å². The van der Waals surface area contributed by atoms with Crippen LogP contribution in [-0.4, -0.2) is 24.0 Å². The van der Waals surface area contributed by atoms with Gasteiger partial charge in [0.1, 0.15) is 0 Å². The molecule has 0 aliphatic carbocycles. The molecule has 1 amide bonds. The molecule has 3 aromatic rings. The molecule has 4 nitrogen and oxygen atoms in total. The predicted octanol–water partition coefficient (Wildman–Crippen LogP) is 5.80. The third kappa shape index (κ3) is 4.78. The molecule has 0 bridgehead atoms. The third-order valence-electron chi connectivity index (χ3n) is 5.71. The van der Waals surface area contributed by atoms with Crippen molar-refractivity contribution in [1.82, 2.24) is 4.98 Å². The van der Waals surface area contributed by atoms with E-state index in [1.54, 1.807) is 11.3 Å². The van der Waals surface area contributed by atoms with Crippen LogP contribution in [0.4, 0.5) is 10.8 Å². The number of hydrogen-bond donors (Lipinski definition) is 1. The van der Waals surface area contributed by atoms with Crippen LogP contribution in [0.2, 0.25) is 0 Å². The second-order valence-electron chi connectivity index (χ2n) is 8.02. The highest BCUT2D eigenvalue weighted by Crippen LogP contribution is 2.32. The molecular formula is C24H29N3OS. The summed E-state index contributed by atoms with van der Waals surface area (Å²) in [6.07, 6.45) is 5.26. The quantitative estimate of drug-likeness (QED) is 0.561. The van der Waals surface area contributed by atoms with Crippen molar-refractivity contribution >= 4 is 38.3 Å². The first-order chi connectivity index (χ1) is 14.1. The number of rotatable bonds is 6. The van der Waals surface area contributed by atoms with Gasteiger partial charge in [-0.2, -0.15) is 0 Å². The summed E-state index contributed by atoms with van der Waals surface area (Å²) in [5.74, 6) is 0.216. The number of amides is 1. The van der Waals surface area contributed by atoms with Gasteiger partial charge >= 0.3 is 0 Å². The van der Waals surface area contributed by atoms with Gasteiger partial charge in [-0.15, -0.1) is 0 Å². The van der Waals surface area contributed by atoms with Gasteiger partial charge in [-0.1, -0.05) is 42.9 Å². The lowest BCUT2D eigenvalue weighted by Gasteiger charge is -2.31. The van der Waals surface area contributed by atoms with Crippen LogP contribution in [0.1, 0.15) is 43.7 Å². The van der Waals surface area contributed by atoms with E-state index in [1.165, 1.54) is 28.7 Å². The van der Waals surface area contributed by atoms with E-state index in [1.807, 2.05) is 12.1 Å². The van der Waals surface area contributed by atoms with Gasteiger partial charge in [0, 0.05) is 24.7 Å². The van der Waals surface area contributed by atoms with E-state index in [9.17, 15) is 4.79 Å². The van der Waals surface area contributed by atoms with E-state index in [4.69, 9.17) is 4.98 Å². The molecule has 1 aliphatic rings. The van der Waals surface area contributed by atoms with E-state index in [2.05, 4.69) is 54.4 Å². The summed E-state index contributed by atoms with van der Waals surface area (Å²) in [5.41, 5.74) is 4.57. The average molecular weight is 408 g/mol. The molecule has 0 saturated carbocycles. The number of benzene rings is 2. The molecule has 1 aromatic heterocycles. The first-order valence-electron chi connectivity index (χ1n) is 10.6. The van der Waals surface area contributed by atoms with Crippen LogP contribution in [-0.2, 0) is 11.2 Å². The van der Waals surface area contributed by atoms with Crippen LogP contribution >= 0.6 is 11.3 Å². The second-order valence-corrected chi connectivity index (χ2v) is 9.03. The smallest absolute Gasteiger partial charge is 0.227 e. The maximum Gasteiger partial charge on any atom is 0.227 e. The summed E-state index contributed by atoms with van der Waals surface area (Å²) in [4.78, 5) is 19.8. The fourth-order valence-corrected chi connectivity index (χ4v) is 4.98. The van der Waals surface area contributed by atoms with E-state index < -0.39 is 0 Å². The van der Waals surface area contributed by atoms with Gasteiger partial charge in [-0.05, 0) is 68.0 Å². The Kier molecular flexibility index (Phi) is 6.14. The Balaban J connectivity index is 1.32. The molecule has 1 saturated heterocycles. The molecule has 2 aromatic carbocycles. The largest absolute Gasteiger partial charge is 0.348 e. The van der Waals surface area contributed by atoms with E-state index >= 15 is 0 Å². The summed E-state index contributed by atoms with van der Waals surface area (Å²) < 4.78 is 1.24. The predicted molar refractivity (Wildman–Crippen MR) is 123 cm³/mol. The van der Waals surface area contributed by atoms with Crippen LogP contribution in [0.3, 0.4) is 0 Å². The van der Waals surface area contributed by atoms with Crippen molar-refractivity contribution < 1.29 is 4.79 Å². The van der Waals surface area contributed by atoms with Crippen molar-refractivity contribution in [1.29, 1.82) is 0 Å². The lowest BCUT2D eigenvalue weighted by molar-refractivity contribution is -0.120. The summed E-state index contributed by atoms with van der Waals surface area (Å²) in [5, 5.41) is 4.18. The molecule has 152 valence electrons. The van der Waals surface area contributed by atoms with Crippen LogP contribution in [0.15, 0.2) is 42.5 Å². The van der Waals surface area contributed by atoms with Gasteiger partial charge < -0.3 is 10.2 Å². The monoisotopic (exact) mass is 407 g/mol. The summed E-state index contributed by atoms with van der Waals surface area (Å²) in [6, 6.07) is 14.7. The van der Waals surface area contributed by atoms with Crippen LogP contribution in [0, 0.1) is 12.8 Å². The minimum atomic E-state index is 0.0719. The zero-order valence-corrected chi connectivity index (χ0v) is 18.1. The molecule has 4 rings (SSSR count). The van der Waals surface area contributed by atoms with Crippen molar-refractivity contribution in [3.8, 4) is 0 Å². The molecule has 1 N–H and O–H groups in total. The molecule has 0 atom stereocenters. The van der Waals surface area contributed by atoms with E-state index in [0.717, 1.165) is 48.7 Å². The molecular weight excluding hydrogens is 378 g/mol. The highest BCUT2D eigenvalue weighted by atomic mass is 32.1. The topological polar surface area (TPSA) is 45.2 Å². The second kappa shape index (κ2) is 8.95. The SMILES string of the molecule is CCCCc1ccc(NC(=O)C2CCN(c3nc4ccc(C)cc4s3)CC2)cc1. The number of piperidine rings is 1. The van der Waals surface area contributed by atoms with Crippen LogP contribution in [0.25, 0.3) is 10.2 Å². The number of hydrogen-bond acceptors (Lipinski definition) is 4. The molecule has 0 unspecified atom stereocenters. The first-order valence-corrected chi connectivity index (χ1v) is 11.5. The lowest BCUT2D eigenvalue weighted by atomic mass is 9.96. The Morgan fingerprint density at radius 2 is 1.93 bits per heavy atom. The number of nitrogens with zero attached hydrogens (tertiary/aromatic N) is 2. The molecule has 1 aliphatic heterocycles.